The first kappa shape index (κ1) is 23.3. The van der Waals surface area contributed by atoms with Crippen LogP contribution < -0.4 is 5.32 Å². The Morgan fingerprint density at radius 2 is 1.69 bits per heavy atom. The largest absolute Gasteiger partial charge is 0.505 e. The number of rotatable bonds is 6. The van der Waals surface area contributed by atoms with Gasteiger partial charge in [0.2, 0.25) is 5.91 Å². The zero-order chi connectivity index (χ0) is 23.7. The highest BCUT2D eigenvalue weighted by atomic mass is 32.2. The Morgan fingerprint density at radius 3 is 2.31 bits per heavy atom. The average molecular weight is 479 g/mol. The number of phenolic OH excluding ortho intramolecular Hbond substituents is 1. The molecule has 4 N–H and O–H groups in total. The monoisotopic (exact) mass is 479 g/mol. The van der Waals surface area contributed by atoms with Gasteiger partial charge >= 0.3 is 0 Å². The maximum absolute atomic E-state index is 12.3. The SMILES string of the molecule is Cc1ccccc1N=NCC(=O)Nc1c(S(=O)(=O)O)cc2cc(S(=O)(=O)O)ccc2c1O. The summed E-state index contributed by atoms with van der Waals surface area (Å²) in [6.45, 7) is 1.28. The predicted octanol–water partition coefficient (Wildman–Crippen LogP) is 3.07. The highest BCUT2D eigenvalue weighted by Crippen LogP contribution is 2.39. The number of aromatic hydroxyl groups is 1. The molecule has 0 aliphatic carbocycles. The van der Waals surface area contributed by atoms with Crippen LogP contribution in [0, 0.1) is 6.92 Å². The van der Waals surface area contributed by atoms with Gasteiger partial charge in [-0.25, -0.2) is 0 Å². The van der Waals surface area contributed by atoms with Gasteiger partial charge in [-0.15, -0.1) is 0 Å². The van der Waals surface area contributed by atoms with Crippen LogP contribution in [0.1, 0.15) is 5.56 Å². The summed E-state index contributed by atoms with van der Waals surface area (Å²) < 4.78 is 65.0. The van der Waals surface area contributed by atoms with E-state index < -0.39 is 53.9 Å². The van der Waals surface area contributed by atoms with Crippen molar-refractivity contribution in [3.8, 4) is 5.75 Å². The van der Waals surface area contributed by atoms with E-state index in [-0.39, 0.29) is 10.8 Å². The average Bonchev–Trinajstić information content (AvgIpc) is 2.69. The van der Waals surface area contributed by atoms with Crippen molar-refractivity contribution >= 4 is 48.3 Å². The normalized spacial score (nSPS) is 12.3. The van der Waals surface area contributed by atoms with Crippen molar-refractivity contribution in [3.05, 3.63) is 54.1 Å². The first-order valence-corrected chi connectivity index (χ1v) is 11.7. The molecule has 32 heavy (non-hydrogen) atoms. The first-order valence-electron chi connectivity index (χ1n) is 8.85. The van der Waals surface area contributed by atoms with E-state index in [4.69, 9.17) is 4.55 Å². The molecule has 0 heterocycles. The molecule has 0 unspecified atom stereocenters. The van der Waals surface area contributed by atoms with Gasteiger partial charge in [0.15, 0.2) is 0 Å². The molecule has 0 aromatic heterocycles. The van der Waals surface area contributed by atoms with Crippen LogP contribution in [0.2, 0.25) is 0 Å². The summed E-state index contributed by atoms with van der Waals surface area (Å²) in [5.41, 5.74) is 0.736. The number of azo groups is 1. The molecule has 3 rings (SSSR count). The maximum Gasteiger partial charge on any atom is 0.296 e. The Morgan fingerprint density at radius 1 is 1.00 bits per heavy atom. The molecular formula is C19H17N3O8S2. The highest BCUT2D eigenvalue weighted by molar-refractivity contribution is 7.86. The lowest BCUT2D eigenvalue weighted by Crippen LogP contribution is -2.17. The van der Waals surface area contributed by atoms with Crippen molar-refractivity contribution in [2.45, 2.75) is 16.7 Å². The fourth-order valence-electron chi connectivity index (χ4n) is 2.86. The Bertz CT molecular complexity index is 1470. The quantitative estimate of drug-likeness (QED) is 0.236. The third kappa shape index (κ3) is 5.08. The third-order valence-corrected chi connectivity index (χ3v) is 6.12. The number of hydrogen-bond acceptors (Lipinski definition) is 8. The summed E-state index contributed by atoms with van der Waals surface area (Å²) in [4.78, 5) is 10.8. The number of fused-ring (bicyclic) bond motifs is 1. The number of amides is 1. The number of anilines is 1. The zero-order valence-electron chi connectivity index (χ0n) is 16.4. The second kappa shape index (κ2) is 8.63. The Balaban J connectivity index is 1.98. The Labute approximate surface area is 182 Å². The van der Waals surface area contributed by atoms with Gasteiger partial charge in [-0.3, -0.25) is 13.9 Å². The summed E-state index contributed by atoms with van der Waals surface area (Å²) in [5.74, 6) is -1.57. The number of carbonyl (C=O) groups excluding carboxylic acids is 1. The molecule has 11 nitrogen and oxygen atoms in total. The van der Waals surface area contributed by atoms with E-state index >= 15 is 0 Å². The van der Waals surface area contributed by atoms with E-state index in [0.29, 0.717) is 5.69 Å². The standard InChI is InChI=1S/C19H17N3O8S2/c1-11-4-2-3-5-15(11)22-20-10-17(23)21-18-16(32(28,29)30)9-12-8-13(31(25,26)27)6-7-14(12)19(18)24/h2-9,24H,10H2,1H3,(H,21,23)(H,25,26,27)(H,28,29,30). The second-order valence-electron chi connectivity index (χ2n) is 6.67. The van der Waals surface area contributed by atoms with Gasteiger partial charge < -0.3 is 10.4 Å². The van der Waals surface area contributed by atoms with E-state index in [1.807, 2.05) is 0 Å². The van der Waals surface area contributed by atoms with Gasteiger partial charge in [0, 0.05) is 5.39 Å². The van der Waals surface area contributed by atoms with E-state index in [1.165, 1.54) is 0 Å². The van der Waals surface area contributed by atoms with Crippen molar-refractivity contribution in [2.24, 2.45) is 10.2 Å². The Kier molecular flexibility index (Phi) is 6.27. The van der Waals surface area contributed by atoms with Crippen LogP contribution in [0.3, 0.4) is 0 Å². The summed E-state index contributed by atoms with van der Waals surface area (Å²) in [6, 6.07) is 10.9. The topological polar surface area (TPSA) is 183 Å². The summed E-state index contributed by atoms with van der Waals surface area (Å²) in [5, 5.41) is 20.2. The molecule has 0 atom stereocenters. The van der Waals surface area contributed by atoms with E-state index in [2.05, 4.69) is 15.5 Å². The van der Waals surface area contributed by atoms with Gasteiger partial charge in [-0.05, 0) is 48.2 Å². The number of carbonyl (C=O) groups is 1. The molecule has 0 radical (unpaired) electrons. The van der Waals surface area contributed by atoms with Crippen LogP contribution in [-0.4, -0.2) is 43.5 Å². The number of benzene rings is 3. The minimum absolute atomic E-state index is 0.0402. The molecule has 0 fully saturated rings. The smallest absolute Gasteiger partial charge is 0.296 e. The molecule has 0 bridgehead atoms. The number of nitrogens with one attached hydrogen (secondary N) is 1. The first-order chi connectivity index (χ1) is 14.9. The van der Waals surface area contributed by atoms with Gasteiger partial charge in [0.05, 0.1) is 10.6 Å². The van der Waals surface area contributed by atoms with Crippen LogP contribution in [0.25, 0.3) is 10.8 Å². The molecule has 13 heteroatoms. The molecule has 0 saturated carbocycles. The molecular weight excluding hydrogens is 462 g/mol. The summed E-state index contributed by atoms with van der Waals surface area (Å²) in [7, 11) is -9.56. The minimum atomic E-state index is -4.95. The number of nitrogens with zero attached hydrogens (tertiary/aromatic N) is 2. The number of hydrogen-bond donors (Lipinski definition) is 4. The van der Waals surface area contributed by atoms with Crippen LogP contribution in [0.4, 0.5) is 11.4 Å². The molecule has 3 aromatic rings. The van der Waals surface area contributed by atoms with Crippen molar-refractivity contribution in [1.29, 1.82) is 0 Å². The lowest BCUT2D eigenvalue weighted by Gasteiger charge is -2.13. The zero-order valence-corrected chi connectivity index (χ0v) is 18.1. The van der Waals surface area contributed by atoms with Crippen molar-refractivity contribution in [3.63, 3.8) is 0 Å². The number of phenols is 1. The van der Waals surface area contributed by atoms with Crippen LogP contribution in [-0.2, 0) is 25.0 Å². The fraction of sp³-hybridized carbons (Fsp3) is 0.105. The van der Waals surface area contributed by atoms with Gasteiger partial charge in [-0.2, -0.15) is 27.1 Å². The molecule has 0 aliphatic rings. The lowest BCUT2D eigenvalue weighted by atomic mass is 10.1. The fourth-order valence-corrected chi connectivity index (χ4v) is 4.05. The minimum Gasteiger partial charge on any atom is -0.505 e. The van der Waals surface area contributed by atoms with Gasteiger partial charge in [-0.1, -0.05) is 18.2 Å². The lowest BCUT2D eigenvalue weighted by molar-refractivity contribution is -0.115. The van der Waals surface area contributed by atoms with Crippen molar-refractivity contribution in [1.82, 2.24) is 0 Å². The Hall–Kier alpha value is -3.39. The van der Waals surface area contributed by atoms with E-state index in [9.17, 15) is 31.3 Å². The molecule has 0 aliphatic heterocycles. The predicted molar refractivity (Wildman–Crippen MR) is 114 cm³/mol. The van der Waals surface area contributed by atoms with Crippen molar-refractivity contribution in [2.75, 3.05) is 11.9 Å². The maximum atomic E-state index is 12.3. The molecule has 1 amide bonds. The summed E-state index contributed by atoms with van der Waals surface area (Å²) >= 11 is 0. The molecule has 0 saturated heterocycles. The molecule has 3 aromatic carbocycles. The van der Waals surface area contributed by atoms with E-state index in [1.54, 1.807) is 31.2 Å². The summed E-state index contributed by atoms with van der Waals surface area (Å²) in [6.07, 6.45) is 0. The molecule has 0 spiro atoms. The number of aryl methyl sites for hydroxylation is 1. The molecule has 168 valence electrons. The van der Waals surface area contributed by atoms with Crippen LogP contribution >= 0.6 is 0 Å². The van der Waals surface area contributed by atoms with E-state index in [0.717, 1.165) is 29.8 Å². The van der Waals surface area contributed by atoms with Gasteiger partial charge in [0.1, 0.15) is 22.9 Å². The van der Waals surface area contributed by atoms with Gasteiger partial charge in [0.25, 0.3) is 20.2 Å². The third-order valence-electron chi connectivity index (χ3n) is 4.40. The highest BCUT2D eigenvalue weighted by Gasteiger charge is 2.24. The van der Waals surface area contributed by atoms with Crippen LogP contribution in [0.15, 0.2) is 68.6 Å². The second-order valence-corrected chi connectivity index (χ2v) is 9.48. The van der Waals surface area contributed by atoms with Crippen LogP contribution in [0.5, 0.6) is 5.75 Å². The van der Waals surface area contributed by atoms with Crippen molar-refractivity contribution < 1.29 is 35.8 Å².